The summed E-state index contributed by atoms with van der Waals surface area (Å²) in [5.41, 5.74) is 0. The first-order valence-electron chi connectivity index (χ1n) is 2.55. The summed E-state index contributed by atoms with van der Waals surface area (Å²) in [4.78, 5) is 29.7. The van der Waals surface area contributed by atoms with Crippen LogP contribution in [0.4, 0.5) is 0 Å². The first-order valence-corrected chi connectivity index (χ1v) is 2.55. The minimum Gasteiger partial charge on any atom is -0.475 e. The van der Waals surface area contributed by atoms with E-state index in [1.54, 1.807) is 0 Å². The second-order valence-corrected chi connectivity index (χ2v) is 1.50. The zero-order chi connectivity index (χ0) is 7.98. The fourth-order valence-electron chi connectivity index (χ4n) is 0.318. The number of ketones is 1. The van der Waals surface area contributed by atoms with E-state index in [9.17, 15) is 14.4 Å². The highest BCUT2D eigenvalue weighted by atomic mass is 16.4. The lowest BCUT2D eigenvalue weighted by molar-refractivity contribution is -0.148. The SMILES string of the molecule is O=CC=CCC(=O)C(=O)O. The van der Waals surface area contributed by atoms with E-state index < -0.39 is 11.8 Å². The molecule has 0 amide bonds. The normalized spacial score (nSPS) is 9.60. The molecule has 0 saturated heterocycles. The van der Waals surface area contributed by atoms with Crippen molar-refractivity contribution in [2.45, 2.75) is 6.42 Å². The van der Waals surface area contributed by atoms with Gasteiger partial charge in [0, 0.05) is 6.42 Å². The van der Waals surface area contributed by atoms with Crippen molar-refractivity contribution in [1.82, 2.24) is 0 Å². The Bertz CT molecular complexity index is 180. The fraction of sp³-hybridized carbons (Fsp3) is 0.167. The van der Waals surface area contributed by atoms with Crippen LogP contribution in [0.2, 0.25) is 0 Å². The standard InChI is InChI=1S/C6H6O4/c7-4-2-1-3-5(8)6(9)10/h1-2,4H,3H2,(H,9,10). The molecule has 0 aromatic heterocycles. The number of carboxylic acid groups (broad SMARTS) is 1. The van der Waals surface area contributed by atoms with E-state index in [4.69, 9.17) is 5.11 Å². The predicted molar refractivity (Wildman–Crippen MR) is 32.5 cm³/mol. The van der Waals surface area contributed by atoms with E-state index in [2.05, 4.69) is 0 Å². The van der Waals surface area contributed by atoms with Crippen molar-refractivity contribution in [3.63, 3.8) is 0 Å². The molecule has 4 heteroatoms. The summed E-state index contributed by atoms with van der Waals surface area (Å²) in [5, 5.41) is 8.01. The molecule has 4 nitrogen and oxygen atoms in total. The molecule has 0 heterocycles. The molecule has 0 aromatic rings. The van der Waals surface area contributed by atoms with Gasteiger partial charge in [0.05, 0.1) is 0 Å². The van der Waals surface area contributed by atoms with Gasteiger partial charge in [0.15, 0.2) is 0 Å². The Morgan fingerprint density at radius 2 is 2.00 bits per heavy atom. The molecule has 0 aliphatic heterocycles. The van der Waals surface area contributed by atoms with E-state index >= 15 is 0 Å². The van der Waals surface area contributed by atoms with Crippen LogP contribution >= 0.6 is 0 Å². The van der Waals surface area contributed by atoms with Crippen LogP contribution in [-0.4, -0.2) is 23.1 Å². The van der Waals surface area contributed by atoms with Gasteiger partial charge in [-0.15, -0.1) is 0 Å². The lowest BCUT2D eigenvalue weighted by Crippen LogP contribution is -2.10. The molecule has 0 aromatic carbocycles. The number of aliphatic carboxylic acids is 1. The number of rotatable bonds is 4. The molecule has 0 bridgehead atoms. The number of Topliss-reactive ketones (excluding diaryl/α,β-unsaturated/α-hetero) is 1. The molecule has 0 rings (SSSR count). The first kappa shape index (κ1) is 8.55. The molecule has 0 aliphatic rings. The van der Waals surface area contributed by atoms with Crippen molar-refractivity contribution in [2.24, 2.45) is 0 Å². The predicted octanol–water partition coefficient (Wildman–Crippen LogP) is -0.215. The Hall–Kier alpha value is -1.45. The number of allylic oxidation sites excluding steroid dienone is 2. The van der Waals surface area contributed by atoms with E-state index in [1.807, 2.05) is 0 Å². The largest absolute Gasteiger partial charge is 0.475 e. The summed E-state index contributed by atoms with van der Waals surface area (Å²) >= 11 is 0. The van der Waals surface area contributed by atoms with Crippen LogP contribution < -0.4 is 0 Å². The van der Waals surface area contributed by atoms with Gasteiger partial charge in [0.2, 0.25) is 5.78 Å². The van der Waals surface area contributed by atoms with Crippen molar-refractivity contribution in [1.29, 1.82) is 0 Å². The van der Waals surface area contributed by atoms with Crippen molar-refractivity contribution in [3.05, 3.63) is 12.2 Å². The van der Waals surface area contributed by atoms with Gasteiger partial charge in [-0.3, -0.25) is 9.59 Å². The molecule has 0 atom stereocenters. The first-order chi connectivity index (χ1) is 4.68. The highest BCUT2D eigenvalue weighted by molar-refractivity contribution is 6.33. The van der Waals surface area contributed by atoms with Gasteiger partial charge in [0.25, 0.3) is 0 Å². The summed E-state index contributed by atoms with van der Waals surface area (Å²) in [6.07, 6.45) is 2.54. The number of hydrogen-bond donors (Lipinski definition) is 1. The number of hydrogen-bond acceptors (Lipinski definition) is 3. The van der Waals surface area contributed by atoms with Crippen molar-refractivity contribution < 1.29 is 19.5 Å². The second kappa shape index (κ2) is 4.43. The maximum Gasteiger partial charge on any atom is 0.372 e. The third-order valence-corrected chi connectivity index (χ3v) is 0.756. The monoisotopic (exact) mass is 142 g/mol. The van der Waals surface area contributed by atoms with Crippen LogP contribution in [-0.2, 0) is 14.4 Å². The van der Waals surface area contributed by atoms with Gasteiger partial charge in [-0.1, -0.05) is 6.08 Å². The Morgan fingerprint density at radius 1 is 1.40 bits per heavy atom. The fourth-order valence-corrected chi connectivity index (χ4v) is 0.318. The molecular formula is C6H6O4. The average Bonchev–Trinajstić information content (AvgIpc) is 1.88. The number of aldehydes is 1. The van der Waals surface area contributed by atoms with Gasteiger partial charge in [-0.2, -0.15) is 0 Å². The van der Waals surface area contributed by atoms with Crippen molar-refractivity contribution >= 4 is 18.0 Å². The quantitative estimate of drug-likeness (QED) is 0.335. The maximum atomic E-state index is 10.3. The molecule has 0 radical (unpaired) electrons. The molecule has 0 saturated carbocycles. The summed E-state index contributed by atoms with van der Waals surface area (Å²) in [5.74, 6) is -2.39. The maximum absolute atomic E-state index is 10.3. The minimum atomic E-state index is -1.48. The van der Waals surface area contributed by atoms with Gasteiger partial charge in [0.1, 0.15) is 6.29 Å². The zero-order valence-electron chi connectivity index (χ0n) is 5.11. The third-order valence-electron chi connectivity index (χ3n) is 0.756. The van der Waals surface area contributed by atoms with Crippen molar-refractivity contribution in [3.8, 4) is 0 Å². The zero-order valence-corrected chi connectivity index (χ0v) is 5.11. The van der Waals surface area contributed by atoms with Crippen LogP contribution in [0.3, 0.4) is 0 Å². The number of carbonyl (C=O) groups is 3. The van der Waals surface area contributed by atoms with Gasteiger partial charge < -0.3 is 5.11 Å². The molecular weight excluding hydrogens is 136 g/mol. The Balaban J connectivity index is 3.70. The van der Waals surface area contributed by atoms with E-state index in [0.29, 0.717) is 6.29 Å². The summed E-state index contributed by atoms with van der Waals surface area (Å²) in [6.45, 7) is 0. The van der Waals surface area contributed by atoms with Crippen LogP contribution in [0, 0.1) is 0 Å². The summed E-state index contributed by atoms with van der Waals surface area (Å²) in [6, 6.07) is 0. The minimum absolute atomic E-state index is 0.228. The lowest BCUT2D eigenvalue weighted by Gasteiger charge is -1.83. The smallest absolute Gasteiger partial charge is 0.372 e. The molecule has 0 unspecified atom stereocenters. The van der Waals surface area contributed by atoms with Crippen LogP contribution in [0.25, 0.3) is 0 Å². The highest BCUT2D eigenvalue weighted by Crippen LogP contribution is 1.84. The molecule has 0 aliphatic carbocycles. The highest BCUT2D eigenvalue weighted by Gasteiger charge is 2.07. The molecule has 10 heavy (non-hydrogen) atoms. The van der Waals surface area contributed by atoms with Crippen molar-refractivity contribution in [2.75, 3.05) is 0 Å². The Kier molecular flexibility index (Phi) is 3.79. The van der Waals surface area contributed by atoms with E-state index in [1.165, 1.54) is 6.08 Å². The van der Waals surface area contributed by atoms with Gasteiger partial charge >= 0.3 is 5.97 Å². The van der Waals surface area contributed by atoms with E-state index in [0.717, 1.165) is 6.08 Å². The molecule has 1 N–H and O–H groups in total. The second-order valence-electron chi connectivity index (χ2n) is 1.50. The topological polar surface area (TPSA) is 71.4 Å². The number of carboxylic acids is 1. The molecule has 0 spiro atoms. The number of carbonyl (C=O) groups excluding carboxylic acids is 2. The van der Waals surface area contributed by atoms with Crippen LogP contribution in [0.1, 0.15) is 6.42 Å². The third kappa shape index (κ3) is 3.54. The lowest BCUT2D eigenvalue weighted by atomic mass is 10.3. The van der Waals surface area contributed by atoms with Crippen LogP contribution in [0.15, 0.2) is 12.2 Å². The Morgan fingerprint density at radius 3 is 2.40 bits per heavy atom. The van der Waals surface area contributed by atoms with Gasteiger partial charge in [-0.25, -0.2) is 4.79 Å². The van der Waals surface area contributed by atoms with Gasteiger partial charge in [-0.05, 0) is 6.08 Å². The van der Waals surface area contributed by atoms with Crippen LogP contribution in [0.5, 0.6) is 0 Å². The van der Waals surface area contributed by atoms with E-state index in [-0.39, 0.29) is 6.42 Å². The molecule has 54 valence electrons. The summed E-state index contributed by atoms with van der Waals surface area (Å²) in [7, 11) is 0. The summed E-state index contributed by atoms with van der Waals surface area (Å²) < 4.78 is 0. The Labute approximate surface area is 57.2 Å². The average molecular weight is 142 g/mol. The molecule has 0 fully saturated rings.